The minimum atomic E-state index is 0.0512. The van der Waals surface area contributed by atoms with Crippen molar-refractivity contribution in [3.05, 3.63) is 83.0 Å². The van der Waals surface area contributed by atoms with E-state index < -0.39 is 0 Å². The van der Waals surface area contributed by atoms with Crippen LogP contribution in [-0.4, -0.2) is 16.5 Å². The molecule has 4 heteroatoms. The lowest BCUT2D eigenvalue weighted by Gasteiger charge is -2.22. The molecule has 1 aliphatic carbocycles. The average molecular weight is 385 g/mol. The topological polar surface area (TPSA) is 53.8 Å². The highest BCUT2D eigenvalue weighted by molar-refractivity contribution is 8.00. The van der Waals surface area contributed by atoms with E-state index in [2.05, 4.69) is 18.2 Å². The SMILES string of the molecule is N#Cc1c(SCC(=O)c2ccccc2)nc2c(c1-c1ccccc1)CCCC2. The third kappa shape index (κ3) is 3.72. The van der Waals surface area contributed by atoms with E-state index in [-0.39, 0.29) is 11.5 Å². The third-order valence-corrected chi connectivity index (χ3v) is 6.03. The molecule has 1 aliphatic rings. The number of ketones is 1. The van der Waals surface area contributed by atoms with Crippen molar-refractivity contribution in [1.82, 2.24) is 4.98 Å². The first-order chi connectivity index (χ1) is 13.8. The number of nitrogens with zero attached hydrogens (tertiary/aromatic N) is 2. The first kappa shape index (κ1) is 18.5. The van der Waals surface area contributed by atoms with Crippen molar-refractivity contribution < 1.29 is 4.79 Å². The van der Waals surface area contributed by atoms with Crippen LogP contribution in [0.1, 0.15) is 40.0 Å². The van der Waals surface area contributed by atoms with Gasteiger partial charge < -0.3 is 0 Å². The summed E-state index contributed by atoms with van der Waals surface area (Å²) in [5.41, 5.74) is 5.62. The molecule has 0 amide bonds. The van der Waals surface area contributed by atoms with E-state index in [1.54, 1.807) is 0 Å². The maximum Gasteiger partial charge on any atom is 0.173 e. The summed E-state index contributed by atoms with van der Waals surface area (Å²) in [6.07, 6.45) is 4.13. The maximum absolute atomic E-state index is 12.5. The van der Waals surface area contributed by atoms with E-state index in [0.29, 0.717) is 16.2 Å². The highest BCUT2D eigenvalue weighted by Gasteiger charge is 2.23. The van der Waals surface area contributed by atoms with Crippen LogP contribution in [0.25, 0.3) is 11.1 Å². The molecule has 28 heavy (non-hydrogen) atoms. The van der Waals surface area contributed by atoms with E-state index in [1.165, 1.54) is 17.3 Å². The lowest BCUT2D eigenvalue weighted by atomic mass is 9.87. The van der Waals surface area contributed by atoms with Crippen LogP contribution in [0.3, 0.4) is 0 Å². The maximum atomic E-state index is 12.5. The van der Waals surface area contributed by atoms with Gasteiger partial charge in [-0.3, -0.25) is 4.79 Å². The summed E-state index contributed by atoms with van der Waals surface area (Å²) in [7, 11) is 0. The van der Waals surface area contributed by atoms with Gasteiger partial charge in [-0.15, -0.1) is 0 Å². The number of pyridine rings is 1. The first-order valence-corrected chi connectivity index (χ1v) is 10.5. The molecule has 0 aliphatic heterocycles. The zero-order chi connectivity index (χ0) is 19.3. The Balaban J connectivity index is 1.73. The summed E-state index contributed by atoms with van der Waals surface area (Å²) in [4.78, 5) is 17.4. The van der Waals surface area contributed by atoms with Gasteiger partial charge in [0.2, 0.25) is 0 Å². The molecule has 4 rings (SSSR count). The number of thioether (sulfide) groups is 1. The molecule has 0 saturated heterocycles. The molecule has 3 aromatic rings. The molecular formula is C24H20N2OS. The molecule has 3 nitrogen and oxygen atoms in total. The molecule has 138 valence electrons. The lowest BCUT2D eigenvalue weighted by Crippen LogP contribution is -2.11. The second-order valence-corrected chi connectivity index (χ2v) is 7.82. The highest BCUT2D eigenvalue weighted by Crippen LogP contribution is 2.37. The second-order valence-electron chi connectivity index (χ2n) is 6.86. The fourth-order valence-electron chi connectivity index (χ4n) is 3.69. The van der Waals surface area contributed by atoms with E-state index in [1.807, 2.05) is 48.5 Å². The minimum Gasteiger partial charge on any atom is -0.293 e. The largest absolute Gasteiger partial charge is 0.293 e. The quantitative estimate of drug-likeness (QED) is 0.432. The van der Waals surface area contributed by atoms with Crippen molar-refractivity contribution in [2.45, 2.75) is 30.7 Å². The van der Waals surface area contributed by atoms with Gasteiger partial charge in [0.15, 0.2) is 5.78 Å². The fourth-order valence-corrected chi connectivity index (χ4v) is 4.59. The zero-order valence-corrected chi connectivity index (χ0v) is 16.3. The highest BCUT2D eigenvalue weighted by atomic mass is 32.2. The van der Waals surface area contributed by atoms with E-state index in [9.17, 15) is 10.1 Å². The molecule has 2 aromatic carbocycles. The Kier molecular flexibility index (Phi) is 5.55. The Labute approximate surface area is 169 Å². The van der Waals surface area contributed by atoms with E-state index >= 15 is 0 Å². The number of Topliss-reactive ketones (excluding diaryl/α,β-unsaturated/α-hetero) is 1. The van der Waals surface area contributed by atoms with Gasteiger partial charge in [-0.1, -0.05) is 72.4 Å². The van der Waals surface area contributed by atoms with E-state index in [4.69, 9.17) is 4.98 Å². The number of aryl methyl sites for hydroxylation is 1. The van der Waals surface area contributed by atoms with Gasteiger partial charge in [-0.05, 0) is 36.8 Å². The van der Waals surface area contributed by atoms with Crippen LogP contribution in [0.4, 0.5) is 0 Å². The Morgan fingerprint density at radius 3 is 2.39 bits per heavy atom. The number of aromatic nitrogens is 1. The van der Waals surface area contributed by atoms with Gasteiger partial charge in [0.1, 0.15) is 11.1 Å². The Hall–Kier alpha value is -2.90. The molecule has 0 unspecified atom stereocenters. The van der Waals surface area contributed by atoms with Gasteiger partial charge in [0.05, 0.1) is 11.3 Å². The van der Waals surface area contributed by atoms with Crippen LogP contribution >= 0.6 is 11.8 Å². The van der Waals surface area contributed by atoms with Gasteiger partial charge in [0, 0.05) is 16.8 Å². The van der Waals surface area contributed by atoms with Crippen molar-refractivity contribution in [3.8, 4) is 17.2 Å². The molecule has 0 bridgehead atoms. The third-order valence-electron chi connectivity index (χ3n) is 5.05. The number of carbonyl (C=O) groups is 1. The van der Waals surface area contributed by atoms with Gasteiger partial charge in [0.25, 0.3) is 0 Å². The minimum absolute atomic E-state index is 0.0512. The van der Waals surface area contributed by atoms with Crippen LogP contribution in [0.5, 0.6) is 0 Å². The van der Waals surface area contributed by atoms with Crippen molar-refractivity contribution in [2.75, 3.05) is 5.75 Å². The molecule has 0 radical (unpaired) electrons. The summed E-state index contributed by atoms with van der Waals surface area (Å²) in [5.74, 6) is 0.328. The molecule has 0 spiro atoms. The Bertz CT molecular complexity index is 1040. The van der Waals surface area contributed by atoms with Crippen LogP contribution in [0.2, 0.25) is 0 Å². The van der Waals surface area contributed by atoms with Crippen molar-refractivity contribution >= 4 is 17.5 Å². The van der Waals surface area contributed by atoms with Gasteiger partial charge in [-0.25, -0.2) is 4.98 Å². The molecule has 1 aromatic heterocycles. The van der Waals surface area contributed by atoms with E-state index in [0.717, 1.165) is 42.5 Å². The van der Waals surface area contributed by atoms with Crippen LogP contribution in [0.15, 0.2) is 65.7 Å². The number of rotatable bonds is 5. The summed E-state index contributed by atoms with van der Waals surface area (Å²) in [6.45, 7) is 0. The molecule has 1 heterocycles. The second kappa shape index (κ2) is 8.41. The monoisotopic (exact) mass is 384 g/mol. The predicted octanol–water partition coefficient (Wildman–Crippen LogP) is 5.47. The summed E-state index contributed by atoms with van der Waals surface area (Å²) in [5, 5.41) is 10.6. The van der Waals surface area contributed by atoms with Crippen LogP contribution in [0, 0.1) is 11.3 Å². The molecular weight excluding hydrogens is 364 g/mol. The summed E-state index contributed by atoms with van der Waals surface area (Å²) < 4.78 is 0. The van der Waals surface area contributed by atoms with Crippen LogP contribution in [-0.2, 0) is 12.8 Å². The molecule has 0 saturated carbocycles. The summed E-state index contributed by atoms with van der Waals surface area (Å²) in [6, 6.07) is 21.7. The van der Waals surface area contributed by atoms with Crippen molar-refractivity contribution in [3.63, 3.8) is 0 Å². The number of fused-ring (bicyclic) bond motifs is 1. The number of carbonyl (C=O) groups excluding carboxylic acids is 1. The smallest absolute Gasteiger partial charge is 0.173 e. The van der Waals surface area contributed by atoms with Crippen molar-refractivity contribution in [2.24, 2.45) is 0 Å². The standard InChI is InChI=1S/C24H20N2OS/c25-15-20-23(18-11-5-2-6-12-18)19-13-7-8-14-21(19)26-24(20)28-16-22(27)17-9-3-1-4-10-17/h1-6,9-12H,7-8,13-14,16H2. The Morgan fingerprint density at radius 1 is 1.00 bits per heavy atom. The molecule has 0 atom stereocenters. The number of hydrogen-bond donors (Lipinski definition) is 0. The number of nitriles is 1. The predicted molar refractivity (Wildman–Crippen MR) is 113 cm³/mol. The Morgan fingerprint density at radius 2 is 1.68 bits per heavy atom. The average Bonchev–Trinajstić information content (AvgIpc) is 2.77. The summed E-state index contributed by atoms with van der Waals surface area (Å²) >= 11 is 1.37. The molecule has 0 fully saturated rings. The fraction of sp³-hybridized carbons (Fsp3) is 0.208. The van der Waals surface area contributed by atoms with Gasteiger partial charge in [-0.2, -0.15) is 5.26 Å². The first-order valence-electron chi connectivity index (χ1n) is 9.50. The number of hydrogen-bond acceptors (Lipinski definition) is 4. The van der Waals surface area contributed by atoms with Crippen LogP contribution < -0.4 is 0 Å². The normalized spacial score (nSPS) is 12.8. The van der Waals surface area contributed by atoms with Crippen molar-refractivity contribution in [1.29, 1.82) is 5.26 Å². The molecule has 0 N–H and O–H groups in total. The van der Waals surface area contributed by atoms with Gasteiger partial charge >= 0.3 is 0 Å². The zero-order valence-electron chi connectivity index (χ0n) is 15.5. The lowest BCUT2D eigenvalue weighted by molar-refractivity contribution is 0.102. The number of benzene rings is 2.